The van der Waals surface area contributed by atoms with Gasteiger partial charge in [0, 0.05) is 11.6 Å². The Morgan fingerprint density at radius 3 is 2.62 bits per heavy atom. The van der Waals surface area contributed by atoms with Crippen LogP contribution in [0.25, 0.3) is 0 Å². The standard InChI is InChI=1S/C15H22N2O2S2/c1-11-5-7-14(8-6-11)17-21(18,19)10-12-3-2-4-13(9-12)15(16)20/h2-4,9,11,14,17H,5-8,10H2,1H3,(H2,16,20). The Kier molecular flexibility index (Phi) is 5.35. The molecule has 3 N–H and O–H groups in total. The van der Waals surface area contributed by atoms with Crippen molar-refractivity contribution in [3.63, 3.8) is 0 Å². The minimum Gasteiger partial charge on any atom is -0.389 e. The maximum absolute atomic E-state index is 12.3. The van der Waals surface area contributed by atoms with Crippen LogP contribution in [0.3, 0.4) is 0 Å². The zero-order valence-electron chi connectivity index (χ0n) is 12.2. The molecule has 6 heteroatoms. The predicted octanol–water partition coefficient (Wildman–Crippen LogP) is 2.32. The van der Waals surface area contributed by atoms with Gasteiger partial charge in [-0.25, -0.2) is 13.1 Å². The highest BCUT2D eigenvalue weighted by molar-refractivity contribution is 7.88. The molecular formula is C15H22N2O2S2. The van der Waals surface area contributed by atoms with Gasteiger partial charge in [0.15, 0.2) is 0 Å². The van der Waals surface area contributed by atoms with Crippen molar-refractivity contribution in [1.29, 1.82) is 0 Å². The van der Waals surface area contributed by atoms with E-state index in [9.17, 15) is 8.42 Å². The van der Waals surface area contributed by atoms with E-state index < -0.39 is 10.0 Å². The van der Waals surface area contributed by atoms with Crippen LogP contribution in [0.15, 0.2) is 24.3 Å². The van der Waals surface area contributed by atoms with Crippen molar-refractivity contribution in [2.24, 2.45) is 11.7 Å². The molecule has 0 radical (unpaired) electrons. The van der Waals surface area contributed by atoms with Crippen molar-refractivity contribution in [3.05, 3.63) is 35.4 Å². The fraction of sp³-hybridized carbons (Fsp3) is 0.533. The van der Waals surface area contributed by atoms with Crippen LogP contribution in [0.5, 0.6) is 0 Å². The lowest BCUT2D eigenvalue weighted by atomic mass is 9.88. The minimum absolute atomic E-state index is 0.0322. The highest BCUT2D eigenvalue weighted by atomic mass is 32.2. The van der Waals surface area contributed by atoms with E-state index in [0.29, 0.717) is 17.0 Å². The largest absolute Gasteiger partial charge is 0.389 e. The van der Waals surface area contributed by atoms with Gasteiger partial charge in [-0.05, 0) is 43.2 Å². The number of hydrogen-bond donors (Lipinski definition) is 2. The summed E-state index contributed by atoms with van der Waals surface area (Å²) < 4.78 is 27.3. The van der Waals surface area contributed by atoms with E-state index in [1.165, 1.54) is 0 Å². The molecule has 0 heterocycles. The molecule has 116 valence electrons. The number of rotatable bonds is 5. The third-order valence-electron chi connectivity index (χ3n) is 3.93. The summed E-state index contributed by atoms with van der Waals surface area (Å²) >= 11 is 4.92. The van der Waals surface area contributed by atoms with Gasteiger partial charge in [0.1, 0.15) is 4.99 Å². The molecular weight excluding hydrogens is 304 g/mol. The van der Waals surface area contributed by atoms with Crippen LogP contribution in [0.4, 0.5) is 0 Å². The topological polar surface area (TPSA) is 72.2 Å². The van der Waals surface area contributed by atoms with Gasteiger partial charge in [0.05, 0.1) is 5.75 Å². The van der Waals surface area contributed by atoms with Gasteiger partial charge >= 0.3 is 0 Å². The Morgan fingerprint density at radius 1 is 1.33 bits per heavy atom. The molecule has 0 spiro atoms. The van der Waals surface area contributed by atoms with Gasteiger partial charge in [-0.3, -0.25) is 0 Å². The number of benzene rings is 1. The van der Waals surface area contributed by atoms with E-state index in [0.717, 1.165) is 25.7 Å². The van der Waals surface area contributed by atoms with Gasteiger partial charge in [0.2, 0.25) is 10.0 Å². The maximum Gasteiger partial charge on any atom is 0.216 e. The molecule has 0 amide bonds. The lowest BCUT2D eigenvalue weighted by Crippen LogP contribution is -2.38. The quantitative estimate of drug-likeness (QED) is 0.815. The second-order valence-electron chi connectivity index (χ2n) is 5.90. The zero-order valence-corrected chi connectivity index (χ0v) is 13.8. The Labute approximate surface area is 132 Å². The van der Waals surface area contributed by atoms with E-state index in [1.807, 2.05) is 0 Å². The Balaban J connectivity index is 2.00. The Hall–Kier alpha value is -0.980. The molecule has 0 aromatic heterocycles. The highest BCUT2D eigenvalue weighted by Gasteiger charge is 2.23. The molecule has 0 bridgehead atoms. The SMILES string of the molecule is CC1CCC(NS(=O)(=O)Cc2cccc(C(N)=S)c2)CC1. The van der Waals surface area contributed by atoms with Crippen LogP contribution in [0.2, 0.25) is 0 Å². The van der Waals surface area contributed by atoms with Crippen molar-refractivity contribution in [3.8, 4) is 0 Å². The van der Waals surface area contributed by atoms with Crippen LogP contribution in [-0.4, -0.2) is 19.4 Å². The first-order valence-electron chi connectivity index (χ1n) is 7.24. The highest BCUT2D eigenvalue weighted by Crippen LogP contribution is 2.24. The normalized spacial score (nSPS) is 22.9. The van der Waals surface area contributed by atoms with Gasteiger partial charge in [-0.15, -0.1) is 0 Å². The fourth-order valence-corrected chi connectivity index (χ4v) is 4.28. The summed E-state index contributed by atoms with van der Waals surface area (Å²) in [5, 5.41) is 0. The van der Waals surface area contributed by atoms with E-state index in [-0.39, 0.29) is 16.8 Å². The second-order valence-corrected chi connectivity index (χ2v) is 8.09. The summed E-state index contributed by atoms with van der Waals surface area (Å²) in [4.78, 5) is 0.281. The van der Waals surface area contributed by atoms with Crippen molar-refractivity contribution < 1.29 is 8.42 Å². The second kappa shape index (κ2) is 6.85. The average molecular weight is 326 g/mol. The van der Waals surface area contributed by atoms with Crippen molar-refractivity contribution in [2.45, 2.75) is 44.4 Å². The van der Waals surface area contributed by atoms with Crippen molar-refractivity contribution in [1.82, 2.24) is 4.72 Å². The molecule has 1 aromatic carbocycles. The number of nitrogens with two attached hydrogens (primary N) is 1. The number of hydrogen-bond acceptors (Lipinski definition) is 3. The number of nitrogens with one attached hydrogen (secondary N) is 1. The predicted molar refractivity (Wildman–Crippen MR) is 89.5 cm³/mol. The van der Waals surface area contributed by atoms with Crippen molar-refractivity contribution >= 4 is 27.2 Å². The van der Waals surface area contributed by atoms with Gasteiger partial charge < -0.3 is 5.73 Å². The molecule has 0 saturated heterocycles. The molecule has 21 heavy (non-hydrogen) atoms. The summed E-state index contributed by atoms with van der Waals surface area (Å²) in [6, 6.07) is 7.16. The molecule has 0 aliphatic heterocycles. The molecule has 0 unspecified atom stereocenters. The first-order chi connectivity index (χ1) is 9.85. The Morgan fingerprint density at radius 2 is 2.00 bits per heavy atom. The van der Waals surface area contributed by atoms with E-state index in [2.05, 4.69) is 11.6 Å². The number of thiocarbonyl (C=S) groups is 1. The molecule has 1 aliphatic carbocycles. The molecule has 1 saturated carbocycles. The summed E-state index contributed by atoms with van der Waals surface area (Å²) in [6.45, 7) is 2.21. The third kappa shape index (κ3) is 5.05. The summed E-state index contributed by atoms with van der Waals surface area (Å²) in [5.74, 6) is 0.670. The van der Waals surface area contributed by atoms with E-state index in [1.54, 1.807) is 24.3 Å². The maximum atomic E-state index is 12.3. The Bertz CT molecular complexity index is 606. The molecule has 1 aromatic rings. The number of sulfonamides is 1. The molecule has 1 fully saturated rings. The van der Waals surface area contributed by atoms with Crippen LogP contribution in [0, 0.1) is 5.92 Å². The zero-order chi connectivity index (χ0) is 15.5. The molecule has 1 aliphatic rings. The minimum atomic E-state index is -3.33. The summed E-state index contributed by atoms with van der Waals surface area (Å²) in [7, 11) is -3.33. The van der Waals surface area contributed by atoms with Crippen molar-refractivity contribution in [2.75, 3.05) is 0 Å². The third-order valence-corrected chi connectivity index (χ3v) is 5.57. The van der Waals surface area contributed by atoms with Crippen LogP contribution in [-0.2, 0) is 15.8 Å². The van der Waals surface area contributed by atoms with Crippen LogP contribution < -0.4 is 10.5 Å². The van der Waals surface area contributed by atoms with Gasteiger partial charge in [-0.1, -0.05) is 37.3 Å². The van der Waals surface area contributed by atoms with E-state index in [4.69, 9.17) is 18.0 Å². The first-order valence-corrected chi connectivity index (χ1v) is 9.30. The smallest absolute Gasteiger partial charge is 0.216 e. The first kappa shape index (κ1) is 16.4. The summed E-state index contributed by atoms with van der Waals surface area (Å²) in [5.41, 5.74) is 6.98. The average Bonchev–Trinajstić information content (AvgIpc) is 2.41. The van der Waals surface area contributed by atoms with Crippen LogP contribution >= 0.6 is 12.2 Å². The van der Waals surface area contributed by atoms with Gasteiger partial charge in [-0.2, -0.15) is 0 Å². The lowest BCUT2D eigenvalue weighted by Gasteiger charge is -2.26. The van der Waals surface area contributed by atoms with Crippen LogP contribution in [0.1, 0.15) is 43.7 Å². The lowest BCUT2D eigenvalue weighted by molar-refractivity contribution is 0.332. The fourth-order valence-electron chi connectivity index (χ4n) is 2.71. The molecule has 2 rings (SSSR count). The monoisotopic (exact) mass is 326 g/mol. The molecule has 0 atom stereocenters. The molecule has 4 nitrogen and oxygen atoms in total. The summed E-state index contributed by atoms with van der Waals surface area (Å²) in [6.07, 6.45) is 4.02. The van der Waals surface area contributed by atoms with Gasteiger partial charge in [0.25, 0.3) is 0 Å². The van der Waals surface area contributed by atoms with E-state index >= 15 is 0 Å².